The number of hydrogen-bond donors (Lipinski definition) is 1. The molecule has 1 aromatic rings. The Morgan fingerprint density at radius 1 is 1.42 bits per heavy atom. The van der Waals surface area contributed by atoms with E-state index in [9.17, 15) is 10.1 Å². The van der Waals surface area contributed by atoms with Crippen LogP contribution in [0.5, 0.6) is 0 Å². The van der Waals surface area contributed by atoms with E-state index in [1.807, 2.05) is 26.0 Å². The van der Waals surface area contributed by atoms with Crippen LogP contribution in [0.15, 0.2) is 18.2 Å². The van der Waals surface area contributed by atoms with Crippen LogP contribution in [0.25, 0.3) is 0 Å². The second-order valence-corrected chi connectivity index (χ2v) is 2.69. The largest absolute Gasteiger partial charge is 0.235 e. The molecular formula is C8H10N2O2. The van der Waals surface area contributed by atoms with E-state index in [4.69, 9.17) is 0 Å². The van der Waals surface area contributed by atoms with Gasteiger partial charge in [0.25, 0.3) is 0 Å². The Bertz CT molecular complexity index is 310. The van der Waals surface area contributed by atoms with Crippen LogP contribution in [0.3, 0.4) is 0 Å². The summed E-state index contributed by atoms with van der Waals surface area (Å²) in [6, 6.07) is 5.43. The van der Waals surface area contributed by atoms with Crippen molar-refractivity contribution in [1.82, 2.24) is 0 Å². The molecule has 0 aliphatic carbocycles. The molecular weight excluding hydrogens is 156 g/mol. The quantitative estimate of drug-likeness (QED) is 0.539. The number of anilines is 1. The Balaban J connectivity index is 2.93. The lowest BCUT2D eigenvalue weighted by atomic mass is 10.1. The molecule has 0 unspecified atom stereocenters. The van der Waals surface area contributed by atoms with Gasteiger partial charge in [0.05, 0.1) is 0 Å². The third kappa shape index (κ3) is 1.95. The zero-order valence-corrected chi connectivity index (χ0v) is 7.00. The van der Waals surface area contributed by atoms with Gasteiger partial charge in [0.1, 0.15) is 5.69 Å². The first-order valence-electron chi connectivity index (χ1n) is 3.58. The molecule has 1 aromatic carbocycles. The summed E-state index contributed by atoms with van der Waals surface area (Å²) >= 11 is 0. The number of rotatable bonds is 2. The standard InChI is InChI=1S/C8H10N2O2/c1-6-3-4-8(7(2)5-6)9-10(11)12/h3-5,9H,1-2H3. The lowest BCUT2D eigenvalue weighted by molar-refractivity contribution is -0.445. The molecule has 0 spiro atoms. The molecule has 0 aromatic heterocycles. The van der Waals surface area contributed by atoms with Crippen LogP contribution in [0.2, 0.25) is 0 Å². The summed E-state index contributed by atoms with van der Waals surface area (Å²) in [5.74, 6) is 0. The zero-order valence-electron chi connectivity index (χ0n) is 7.00. The molecule has 0 aliphatic rings. The molecule has 0 saturated carbocycles. The molecule has 0 aliphatic heterocycles. The molecule has 4 heteroatoms. The van der Waals surface area contributed by atoms with Crippen molar-refractivity contribution in [3.8, 4) is 0 Å². The van der Waals surface area contributed by atoms with Gasteiger partial charge in [0, 0.05) is 0 Å². The van der Waals surface area contributed by atoms with Crippen molar-refractivity contribution in [3.63, 3.8) is 0 Å². The summed E-state index contributed by atoms with van der Waals surface area (Å²) in [5, 5.41) is 9.54. The predicted molar refractivity (Wildman–Crippen MR) is 46.5 cm³/mol. The lowest BCUT2D eigenvalue weighted by Crippen LogP contribution is -2.08. The topological polar surface area (TPSA) is 55.2 Å². The van der Waals surface area contributed by atoms with Crippen molar-refractivity contribution in [2.45, 2.75) is 13.8 Å². The third-order valence-electron chi connectivity index (χ3n) is 1.59. The highest BCUT2D eigenvalue weighted by Crippen LogP contribution is 2.15. The summed E-state index contributed by atoms with van der Waals surface area (Å²) in [7, 11) is 0. The van der Waals surface area contributed by atoms with Crippen LogP contribution in [-0.2, 0) is 0 Å². The maximum Gasteiger partial charge on any atom is 0.162 e. The van der Waals surface area contributed by atoms with Crippen molar-refractivity contribution in [2.75, 3.05) is 5.43 Å². The van der Waals surface area contributed by atoms with Crippen molar-refractivity contribution >= 4 is 5.69 Å². The predicted octanol–water partition coefficient (Wildman–Crippen LogP) is 1.91. The van der Waals surface area contributed by atoms with Crippen molar-refractivity contribution < 1.29 is 5.03 Å². The third-order valence-corrected chi connectivity index (χ3v) is 1.59. The minimum Gasteiger partial charge on any atom is -0.235 e. The number of hydrogen-bond acceptors (Lipinski definition) is 2. The van der Waals surface area contributed by atoms with E-state index in [2.05, 4.69) is 5.43 Å². The number of benzene rings is 1. The fourth-order valence-electron chi connectivity index (χ4n) is 1.04. The number of hydrazine groups is 1. The van der Waals surface area contributed by atoms with Gasteiger partial charge < -0.3 is 0 Å². The molecule has 0 saturated heterocycles. The van der Waals surface area contributed by atoms with Gasteiger partial charge in [-0.3, -0.25) is 0 Å². The second-order valence-electron chi connectivity index (χ2n) is 2.69. The molecule has 12 heavy (non-hydrogen) atoms. The van der Waals surface area contributed by atoms with Gasteiger partial charge in [-0.2, -0.15) is 0 Å². The summed E-state index contributed by atoms with van der Waals surface area (Å²) in [4.78, 5) is 10.1. The molecule has 0 fully saturated rings. The average molecular weight is 166 g/mol. The SMILES string of the molecule is Cc1ccc(N[N+](=O)[O-])c(C)c1. The Labute approximate surface area is 70.3 Å². The molecule has 0 radical (unpaired) electrons. The normalized spacial score (nSPS) is 9.50. The molecule has 0 amide bonds. The second kappa shape index (κ2) is 3.21. The Morgan fingerprint density at radius 3 is 2.58 bits per heavy atom. The highest BCUT2D eigenvalue weighted by atomic mass is 16.7. The fraction of sp³-hybridized carbons (Fsp3) is 0.250. The van der Waals surface area contributed by atoms with E-state index in [-0.39, 0.29) is 0 Å². The van der Waals surface area contributed by atoms with Gasteiger partial charge in [-0.1, -0.05) is 17.7 Å². The maximum atomic E-state index is 10.1. The van der Waals surface area contributed by atoms with Gasteiger partial charge in [-0.25, -0.2) is 10.1 Å². The molecule has 64 valence electrons. The minimum atomic E-state index is -0.558. The molecule has 0 bridgehead atoms. The van der Waals surface area contributed by atoms with Crippen LogP contribution in [0, 0.1) is 24.0 Å². The summed E-state index contributed by atoms with van der Waals surface area (Å²) in [5.41, 5.74) is 4.65. The molecule has 1 N–H and O–H groups in total. The van der Waals surface area contributed by atoms with Crippen LogP contribution < -0.4 is 5.43 Å². The summed E-state index contributed by atoms with van der Waals surface area (Å²) in [6.45, 7) is 3.78. The average Bonchev–Trinajstić information content (AvgIpc) is 1.94. The van der Waals surface area contributed by atoms with Gasteiger partial charge in [-0.05, 0) is 25.5 Å². The zero-order chi connectivity index (χ0) is 9.14. The van der Waals surface area contributed by atoms with Crippen molar-refractivity contribution in [3.05, 3.63) is 39.4 Å². The van der Waals surface area contributed by atoms with E-state index in [0.717, 1.165) is 11.1 Å². The van der Waals surface area contributed by atoms with Gasteiger partial charge in [0.15, 0.2) is 5.03 Å². The minimum absolute atomic E-state index is 0.547. The van der Waals surface area contributed by atoms with Crippen LogP contribution in [-0.4, -0.2) is 5.03 Å². The van der Waals surface area contributed by atoms with E-state index < -0.39 is 5.03 Å². The molecule has 0 atom stereocenters. The number of nitrogens with one attached hydrogen (secondary N) is 1. The Morgan fingerprint density at radius 2 is 2.08 bits per heavy atom. The highest BCUT2D eigenvalue weighted by Gasteiger charge is 2.01. The summed E-state index contributed by atoms with van der Waals surface area (Å²) in [6.07, 6.45) is 0. The van der Waals surface area contributed by atoms with Crippen LogP contribution in [0.1, 0.15) is 11.1 Å². The first kappa shape index (κ1) is 8.52. The smallest absolute Gasteiger partial charge is 0.162 e. The Hall–Kier alpha value is -1.58. The first-order chi connectivity index (χ1) is 5.59. The molecule has 4 nitrogen and oxygen atoms in total. The van der Waals surface area contributed by atoms with Gasteiger partial charge >= 0.3 is 0 Å². The highest BCUT2D eigenvalue weighted by molar-refractivity contribution is 5.49. The summed E-state index contributed by atoms with van der Waals surface area (Å²) < 4.78 is 0. The van der Waals surface area contributed by atoms with E-state index in [1.165, 1.54) is 0 Å². The van der Waals surface area contributed by atoms with Crippen LogP contribution in [0.4, 0.5) is 5.69 Å². The van der Waals surface area contributed by atoms with Gasteiger partial charge in [0.2, 0.25) is 0 Å². The number of nitro groups is 1. The first-order valence-corrected chi connectivity index (χ1v) is 3.58. The van der Waals surface area contributed by atoms with Crippen molar-refractivity contribution in [1.29, 1.82) is 0 Å². The van der Waals surface area contributed by atoms with Gasteiger partial charge in [-0.15, -0.1) is 5.43 Å². The fourth-order valence-corrected chi connectivity index (χ4v) is 1.04. The maximum absolute atomic E-state index is 10.1. The lowest BCUT2D eigenvalue weighted by Gasteiger charge is -2.02. The van der Waals surface area contributed by atoms with Crippen molar-refractivity contribution in [2.24, 2.45) is 0 Å². The number of aryl methyl sites for hydroxylation is 2. The molecule has 1 rings (SSSR count). The Kier molecular flexibility index (Phi) is 2.28. The van der Waals surface area contributed by atoms with E-state index in [0.29, 0.717) is 5.69 Å². The van der Waals surface area contributed by atoms with E-state index >= 15 is 0 Å². The van der Waals surface area contributed by atoms with E-state index in [1.54, 1.807) is 6.07 Å². The monoisotopic (exact) mass is 166 g/mol. The van der Waals surface area contributed by atoms with Crippen LogP contribution >= 0.6 is 0 Å². The molecule has 0 heterocycles. The number of nitrogens with zero attached hydrogens (tertiary/aromatic N) is 1.